The molecule has 2 aromatic rings. The van der Waals surface area contributed by atoms with Crippen molar-refractivity contribution in [1.82, 2.24) is 0 Å². The molecule has 4 nitrogen and oxygen atoms in total. The first-order valence-electron chi connectivity index (χ1n) is 6.44. The Bertz CT molecular complexity index is 608. The van der Waals surface area contributed by atoms with E-state index in [9.17, 15) is 4.79 Å². The first kappa shape index (κ1) is 14.4. The molecule has 0 radical (unpaired) electrons. The third-order valence-corrected chi connectivity index (χ3v) is 4.24. The molecule has 0 aliphatic carbocycles. The van der Waals surface area contributed by atoms with Gasteiger partial charge in [0.2, 0.25) is 0 Å². The predicted molar refractivity (Wildman–Crippen MR) is 83.2 cm³/mol. The van der Waals surface area contributed by atoms with E-state index in [-0.39, 0.29) is 5.97 Å². The minimum atomic E-state index is -0.389. The Morgan fingerprint density at radius 3 is 2.70 bits per heavy atom. The molecule has 1 aromatic heterocycles. The van der Waals surface area contributed by atoms with Crippen LogP contribution in [0.1, 0.15) is 27.0 Å². The zero-order chi connectivity index (χ0) is 14.5. The van der Waals surface area contributed by atoms with E-state index in [2.05, 4.69) is 24.4 Å². The number of nitrogens with two attached hydrogens (primary N) is 1. The number of methoxy groups -OCH3 is 1. The number of para-hydroxylation sites is 1. The van der Waals surface area contributed by atoms with Crippen LogP contribution in [0.3, 0.4) is 0 Å². The van der Waals surface area contributed by atoms with Crippen molar-refractivity contribution < 1.29 is 9.53 Å². The highest BCUT2D eigenvalue weighted by atomic mass is 32.1. The van der Waals surface area contributed by atoms with Crippen LogP contribution in [-0.2, 0) is 17.7 Å². The van der Waals surface area contributed by atoms with Crippen LogP contribution in [0.4, 0.5) is 11.4 Å². The van der Waals surface area contributed by atoms with Gasteiger partial charge in [0, 0.05) is 16.3 Å². The van der Waals surface area contributed by atoms with Crippen LogP contribution in [0, 0.1) is 0 Å². The van der Waals surface area contributed by atoms with Gasteiger partial charge < -0.3 is 15.8 Å². The molecule has 0 saturated heterocycles. The Balaban J connectivity index is 2.18. The number of rotatable bonds is 5. The predicted octanol–water partition coefficient (Wildman–Crippen LogP) is 3.29. The molecule has 0 unspecified atom stereocenters. The topological polar surface area (TPSA) is 64.3 Å². The maximum Gasteiger partial charge on any atom is 0.340 e. The lowest BCUT2D eigenvalue weighted by atomic mass is 10.1. The fourth-order valence-corrected chi connectivity index (χ4v) is 2.83. The summed E-state index contributed by atoms with van der Waals surface area (Å²) in [6.07, 6.45) is 1.03. The van der Waals surface area contributed by atoms with E-state index in [1.165, 1.54) is 16.9 Å². The minimum absolute atomic E-state index is 0.389. The number of aryl methyl sites for hydroxylation is 1. The van der Waals surface area contributed by atoms with Gasteiger partial charge in [-0.25, -0.2) is 4.79 Å². The zero-order valence-corrected chi connectivity index (χ0v) is 12.4. The molecule has 0 aliphatic heterocycles. The normalized spacial score (nSPS) is 10.3. The monoisotopic (exact) mass is 290 g/mol. The van der Waals surface area contributed by atoms with E-state index >= 15 is 0 Å². The third kappa shape index (κ3) is 3.11. The maximum absolute atomic E-state index is 11.7. The zero-order valence-electron chi connectivity index (χ0n) is 11.6. The lowest BCUT2D eigenvalue weighted by Gasteiger charge is -2.12. The van der Waals surface area contributed by atoms with E-state index in [4.69, 9.17) is 10.5 Å². The van der Waals surface area contributed by atoms with Crippen molar-refractivity contribution in [2.45, 2.75) is 19.9 Å². The van der Waals surface area contributed by atoms with E-state index in [0.717, 1.165) is 6.42 Å². The summed E-state index contributed by atoms with van der Waals surface area (Å²) in [4.78, 5) is 14.3. The van der Waals surface area contributed by atoms with Gasteiger partial charge in [0.15, 0.2) is 0 Å². The molecule has 0 bridgehead atoms. The molecule has 20 heavy (non-hydrogen) atoms. The molecule has 0 saturated carbocycles. The Kier molecular flexibility index (Phi) is 4.63. The number of carbonyl (C=O) groups excluding carboxylic acids is 1. The summed E-state index contributed by atoms with van der Waals surface area (Å²) in [5.41, 5.74) is 7.57. The van der Waals surface area contributed by atoms with Crippen molar-refractivity contribution in [3.05, 3.63) is 45.6 Å². The van der Waals surface area contributed by atoms with Crippen LogP contribution in [0.25, 0.3) is 0 Å². The summed E-state index contributed by atoms with van der Waals surface area (Å²) in [6, 6.07) is 9.43. The van der Waals surface area contributed by atoms with Crippen LogP contribution in [0.5, 0.6) is 0 Å². The summed E-state index contributed by atoms with van der Waals surface area (Å²) in [7, 11) is 1.36. The molecule has 0 amide bonds. The number of hydrogen-bond acceptors (Lipinski definition) is 5. The van der Waals surface area contributed by atoms with Gasteiger partial charge in [-0.05, 0) is 30.7 Å². The molecule has 0 spiro atoms. The number of benzene rings is 1. The summed E-state index contributed by atoms with van der Waals surface area (Å²) < 4.78 is 4.77. The van der Waals surface area contributed by atoms with E-state index < -0.39 is 0 Å². The van der Waals surface area contributed by atoms with E-state index in [0.29, 0.717) is 23.5 Å². The number of carbonyl (C=O) groups is 1. The fourth-order valence-electron chi connectivity index (χ4n) is 1.93. The van der Waals surface area contributed by atoms with Gasteiger partial charge in [0.05, 0.1) is 24.0 Å². The van der Waals surface area contributed by atoms with Crippen molar-refractivity contribution in [2.75, 3.05) is 18.2 Å². The van der Waals surface area contributed by atoms with Gasteiger partial charge in [-0.1, -0.05) is 13.0 Å². The molecule has 3 N–H and O–H groups in total. The second kappa shape index (κ2) is 6.43. The first-order valence-corrected chi connectivity index (χ1v) is 7.25. The summed E-state index contributed by atoms with van der Waals surface area (Å²) in [6.45, 7) is 2.77. The van der Waals surface area contributed by atoms with Gasteiger partial charge in [-0.15, -0.1) is 11.3 Å². The molecule has 1 aromatic carbocycles. The number of anilines is 2. The third-order valence-electron chi connectivity index (χ3n) is 3.01. The number of nitrogen functional groups attached to an aromatic ring is 1. The second-order valence-corrected chi connectivity index (χ2v) is 5.59. The van der Waals surface area contributed by atoms with Crippen molar-refractivity contribution in [2.24, 2.45) is 0 Å². The number of ether oxygens (including phenoxy) is 1. The second-order valence-electron chi connectivity index (χ2n) is 4.34. The molecular weight excluding hydrogens is 272 g/mol. The van der Waals surface area contributed by atoms with Crippen molar-refractivity contribution in [3.8, 4) is 0 Å². The Labute approximate surface area is 122 Å². The Morgan fingerprint density at radius 1 is 1.30 bits per heavy atom. The van der Waals surface area contributed by atoms with E-state index in [1.54, 1.807) is 29.5 Å². The van der Waals surface area contributed by atoms with Crippen LogP contribution >= 0.6 is 11.3 Å². The highest BCUT2D eigenvalue weighted by Crippen LogP contribution is 2.26. The molecule has 0 atom stereocenters. The van der Waals surface area contributed by atoms with E-state index in [1.807, 2.05) is 0 Å². The minimum Gasteiger partial charge on any atom is -0.465 e. The number of thiophene rings is 1. The lowest BCUT2D eigenvalue weighted by Crippen LogP contribution is -2.10. The number of nitrogens with one attached hydrogen (secondary N) is 1. The average molecular weight is 290 g/mol. The summed E-state index contributed by atoms with van der Waals surface area (Å²) in [5.74, 6) is -0.389. The van der Waals surface area contributed by atoms with Crippen LogP contribution in [0.2, 0.25) is 0 Å². The molecule has 0 fully saturated rings. The van der Waals surface area contributed by atoms with Crippen LogP contribution < -0.4 is 11.1 Å². The number of hydrogen-bond donors (Lipinski definition) is 2. The standard InChI is InChI=1S/C15H18N2O2S/c1-3-10-7-8-11(20-10)9-17-14-12(15(18)19-2)5-4-6-13(14)16/h4-8,17H,3,9,16H2,1-2H3. The maximum atomic E-state index is 11.7. The number of esters is 1. The average Bonchev–Trinajstić information content (AvgIpc) is 2.93. The highest BCUT2D eigenvalue weighted by molar-refractivity contribution is 7.12. The van der Waals surface area contributed by atoms with Crippen molar-refractivity contribution in [1.29, 1.82) is 0 Å². The van der Waals surface area contributed by atoms with Crippen molar-refractivity contribution in [3.63, 3.8) is 0 Å². The molecule has 2 rings (SSSR count). The Morgan fingerprint density at radius 2 is 2.05 bits per heavy atom. The van der Waals surface area contributed by atoms with Gasteiger partial charge in [-0.3, -0.25) is 0 Å². The van der Waals surface area contributed by atoms with Crippen molar-refractivity contribution >= 4 is 28.7 Å². The smallest absolute Gasteiger partial charge is 0.340 e. The SMILES string of the molecule is CCc1ccc(CNc2c(N)cccc2C(=O)OC)s1. The summed E-state index contributed by atoms with van der Waals surface area (Å²) >= 11 is 1.76. The molecule has 1 heterocycles. The van der Waals surface area contributed by atoms with Gasteiger partial charge >= 0.3 is 5.97 Å². The lowest BCUT2D eigenvalue weighted by molar-refractivity contribution is 0.0602. The van der Waals surface area contributed by atoms with Gasteiger partial charge in [0.1, 0.15) is 0 Å². The molecule has 0 aliphatic rings. The highest BCUT2D eigenvalue weighted by Gasteiger charge is 2.14. The van der Waals surface area contributed by atoms with Gasteiger partial charge in [0.25, 0.3) is 0 Å². The fraction of sp³-hybridized carbons (Fsp3) is 0.267. The summed E-state index contributed by atoms with van der Waals surface area (Å²) in [5, 5.41) is 3.24. The molecule has 106 valence electrons. The Hall–Kier alpha value is -2.01. The largest absolute Gasteiger partial charge is 0.465 e. The first-order chi connectivity index (χ1) is 9.65. The van der Waals surface area contributed by atoms with Crippen LogP contribution in [-0.4, -0.2) is 13.1 Å². The molecular formula is C15H18N2O2S. The molecule has 5 heteroatoms. The van der Waals surface area contributed by atoms with Gasteiger partial charge in [-0.2, -0.15) is 0 Å². The van der Waals surface area contributed by atoms with Crippen LogP contribution in [0.15, 0.2) is 30.3 Å². The quantitative estimate of drug-likeness (QED) is 0.655.